The molecule has 51 heavy (non-hydrogen) atoms. The van der Waals surface area contributed by atoms with E-state index < -0.39 is 5.41 Å². The van der Waals surface area contributed by atoms with Gasteiger partial charge in [0.2, 0.25) is 0 Å². The van der Waals surface area contributed by atoms with Gasteiger partial charge in [0, 0.05) is 31.3 Å². The molecule has 0 aliphatic carbocycles. The number of para-hydroxylation sites is 1. The fourth-order valence-corrected chi connectivity index (χ4v) is 9.13. The molecule has 0 unspecified atom stereocenters. The molecule has 1 aliphatic heterocycles. The number of hydrogen-bond donors (Lipinski definition) is 0. The first-order valence-corrected chi connectivity index (χ1v) is 18.1. The Bertz CT molecular complexity index is 2650. The summed E-state index contributed by atoms with van der Waals surface area (Å²) < 4.78 is 2.53. The van der Waals surface area contributed by atoms with Crippen LogP contribution >= 0.6 is 11.3 Å². The Hall–Kier alpha value is -6.36. The van der Waals surface area contributed by atoms with Crippen LogP contribution in [0.1, 0.15) is 22.3 Å². The van der Waals surface area contributed by atoms with Crippen LogP contribution in [0.5, 0.6) is 0 Å². The van der Waals surface area contributed by atoms with Crippen LogP contribution in [0, 0.1) is 0 Å². The minimum absolute atomic E-state index is 0.597. The zero-order valence-corrected chi connectivity index (χ0v) is 28.5. The molecule has 10 rings (SSSR count). The Morgan fingerprint density at radius 2 is 1.04 bits per heavy atom. The molecule has 0 saturated carbocycles. The normalized spacial score (nSPS) is 13.2. The number of anilines is 3. The van der Waals surface area contributed by atoms with Crippen molar-refractivity contribution in [1.82, 2.24) is 9.97 Å². The highest BCUT2D eigenvalue weighted by atomic mass is 32.1. The van der Waals surface area contributed by atoms with E-state index in [0.717, 1.165) is 33.9 Å². The van der Waals surface area contributed by atoms with Gasteiger partial charge < -0.3 is 4.90 Å². The molecular formula is C47H31N3S. The van der Waals surface area contributed by atoms with Crippen LogP contribution < -0.4 is 4.90 Å². The molecule has 0 radical (unpaired) electrons. The second kappa shape index (κ2) is 11.9. The summed E-state index contributed by atoms with van der Waals surface area (Å²) in [6.07, 6.45) is 2.02. The van der Waals surface area contributed by atoms with Crippen molar-refractivity contribution in [2.75, 3.05) is 4.90 Å². The molecule has 3 nitrogen and oxygen atoms in total. The van der Waals surface area contributed by atoms with Gasteiger partial charge in [-0.1, -0.05) is 158 Å². The highest BCUT2D eigenvalue weighted by molar-refractivity contribution is 7.25. The highest BCUT2D eigenvalue weighted by Crippen LogP contribution is 2.59. The molecule has 0 saturated heterocycles. The van der Waals surface area contributed by atoms with Gasteiger partial charge in [0.1, 0.15) is 0 Å². The quantitative estimate of drug-likeness (QED) is 0.183. The van der Waals surface area contributed by atoms with Crippen molar-refractivity contribution in [1.29, 1.82) is 0 Å². The van der Waals surface area contributed by atoms with E-state index in [0.29, 0.717) is 5.82 Å². The number of hydrogen-bond acceptors (Lipinski definition) is 4. The van der Waals surface area contributed by atoms with Gasteiger partial charge >= 0.3 is 0 Å². The lowest BCUT2D eigenvalue weighted by atomic mass is 9.62. The first kappa shape index (κ1) is 29.5. The van der Waals surface area contributed by atoms with Crippen molar-refractivity contribution < 1.29 is 0 Å². The van der Waals surface area contributed by atoms with Crippen LogP contribution in [0.15, 0.2) is 188 Å². The molecule has 1 aliphatic rings. The summed E-state index contributed by atoms with van der Waals surface area (Å²) >= 11 is 1.85. The third-order valence-electron chi connectivity index (χ3n) is 10.2. The van der Waals surface area contributed by atoms with Gasteiger partial charge in [-0.25, -0.2) is 9.97 Å². The zero-order chi connectivity index (χ0) is 33.8. The zero-order valence-electron chi connectivity index (χ0n) is 27.6. The van der Waals surface area contributed by atoms with E-state index >= 15 is 0 Å². The van der Waals surface area contributed by atoms with Gasteiger partial charge in [0.25, 0.3) is 0 Å². The van der Waals surface area contributed by atoms with Gasteiger partial charge in [0.15, 0.2) is 5.82 Å². The molecule has 0 amide bonds. The maximum atomic E-state index is 5.33. The summed E-state index contributed by atoms with van der Waals surface area (Å²) in [6.45, 7) is 0. The summed E-state index contributed by atoms with van der Waals surface area (Å²) in [4.78, 5) is 12.8. The number of fused-ring (bicyclic) bond motifs is 5. The van der Waals surface area contributed by atoms with Crippen LogP contribution in [0.4, 0.5) is 17.1 Å². The smallest absolute Gasteiger partial charge is 0.159 e. The molecule has 0 spiro atoms. The van der Waals surface area contributed by atoms with Gasteiger partial charge in [-0.3, -0.25) is 0 Å². The van der Waals surface area contributed by atoms with Crippen LogP contribution in [0.3, 0.4) is 0 Å². The fourth-order valence-electron chi connectivity index (χ4n) is 8.00. The number of thiophene rings is 1. The predicted molar refractivity (Wildman–Crippen MR) is 212 cm³/mol. The summed E-state index contributed by atoms with van der Waals surface area (Å²) in [5.74, 6) is 0.701. The maximum absolute atomic E-state index is 5.33. The fraction of sp³-hybridized carbons (Fsp3) is 0.0213. The standard InChI is InChI=1S/C47H31N3S/c1-5-17-32(18-6-1)45-42(31-48-46(49-45)33-19-7-2-8-20-33)50-40-27-15-14-26-38(40)47(34-21-9-3-10-22-34,35-23-11-4-12-24-35)39-29-37-36-25-13-16-28-43(36)51-44(37)30-41(39)50/h1-31H. The molecule has 7 aromatic carbocycles. The average molecular weight is 670 g/mol. The summed E-state index contributed by atoms with van der Waals surface area (Å²) in [5, 5.41) is 2.55. The predicted octanol–water partition coefficient (Wildman–Crippen LogP) is 12.3. The van der Waals surface area contributed by atoms with E-state index in [-0.39, 0.29) is 0 Å². The Labute approximate surface area is 300 Å². The molecular weight excluding hydrogens is 639 g/mol. The molecule has 0 bridgehead atoms. The van der Waals surface area contributed by atoms with E-state index in [9.17, 15) is 0 Å². The maximum Gasteiger partial charge on any atom is 0.159 e. The molecule has 240 valence electrons. The van der Waals surface area contributed by atoms with E-state index in [1.807, 2.05) is 35.7 Å². The molecule has 0 fully saturated rings. The van der Waals surface area contributed by atoms with Crippen molar-refractivity contribution >= 4 is 48.6 Å². The molecule has 0 N–H and O–H groups in total. The number of nitrogens with zero attached hydrogens (tertiary/aromatic N) is 3. The second-order valence-corrected chi connectivity index (χ2v) is 14.0. The lowest BCUT2D eigenvalue weighted by Crippen LogP contribution is -2.38. The third-order valence-corrected chi connectivity index (χ3v) is 11.3. The number of benzene rings is 7. The van der Waals surface area contributed by atoms with Crippen LogP contribution in [0.2, 0.25) is 0 Å². The average Bonchev–Trinajstić information content (AvgIpc) is 3.58. The lowest BCUT2D eigenvalue weighted by Gasteiger charge is -2.46. The van der Waals surface area contributed by atoms with Crippen LogP contribution in [0.25, 0.3) is 42.8 Å². The Balaban J connectivity index is 1.36. The highest BCUT2D eigenvalue weighted by Gasteiger charge is 2.47. The van der Waals surface area contributed by atoms with E-state index in [2.05, 4.69) is 169 Å². The van der Waals surface area contributed by atoms with E-state index in [1.54, 1.807) is 0 Å². The minimum Gasteiger partial charge on any atom is -0.306 e. The second-order valence-electron chi connectivity index (χ2n) is 13.0. The summed E-state index contributed by atoms with van der Waals surface area (Å²) in [5.41, 5.74) is 10.3. The largest absolute Gasteiger partial charge is 0.306 e. The van der Waals surface area contributed by atoms with Crippen molar-refractivity contribution in [3.63, 3.8) is 0 Å². The first-order valence-electron chi connectivity index (χ1n) is 17.2. The van der Waals surface area contributed by atoms with Crippen LogP contribution in [-0.4, -0.2) is 9.97 Å². The molecule has 0 atom stereocenters. The Morgan fingerprint density at radius 1 is 0.451 bits per heavy atom. The lowest BCUT2D eigenvalue weighted by molar-refractivity contribution is 0.732. The summed E-state index contributed by atoms with van der Waals surface area (Å²) in [7, 11) is 0. The SMILES string of the molecule is c1ccc(-c2ncc(N3c4ccccc4C(c4ccccc4)(c4ccccc4)c4cc5c(cc43)sc3ccccc35)c(-c3ccccc3)n2)cc1. The van der Waals surface area contributed by atoms with Crippen molar-refractivity contribution in [2.24, 2.45) is 0 Å². The third kappa shape index (κ3) is 4.57. The van der Waals surface area contributed by atoms with Gasteiger partial charge in [-0.15, -0.1) is 11.3 Å². The topological polar surface area (TPSA) is 29.0 Å². The van der Waals surface area contributed by atoms with Gasteiger partial charge in [-0.2, -0.15) is 0 Å². The Kier molecular flexibility index (Phi) is 6.90. The van der Waals surface area contributed by atoms with Crippen molar-refractivity contribution in [2.45, 2.75) is 5.41 Å². The van der Waals surface area contributed by atoms with E-state index in [1.165, 1.54) is 42.4 Å². The molecule has 3 heterocycles. The van der Waals surface area contributed by atoms with Gasteiger partial charge in [0.05, 0.1) is 34.4 Å². The Morgan fingerprint density at radius 3 is 1.75 bits per heavy atom. The van der Waals surface area contributed by atoms with Gasteiger partial charge in [-0.05, 0) is 46.5 Å². The molecule has 2 aromatic heterocycles. The van der Waals surface area contributed by atoms with E-state index in [4.69, 9.17) is 9.97 Å². The first-order chi connectivity index (χ1) is 25.3. The monoisotopic (exact) mass is 669 g/mol. The minimum atomic E-state index is -0.597. The number of rotatable bonds is 5. The van der Waals surface area contributed by atoms with Crippen LogP contribution in [-0.2, 0) is 5.41 Å². The molecule has 4 heteroatoms. The van der Waals surface area contributed by atoms with Crippen molar-refractivity contribution in [3.05, 3.63) is 210 Å². The summed E-state index contributed by atoms with van der Waals surface area (Å²) in [6, 6.07) is 65.3. The molecule has 9 aromatic rings. The number of aromatic nitrogens is 2. The van der Waals surface area contributed by atoms with Crippen molar-refractivity contribution in [3.8, 4) is 22.6 Å².